The van der Waals surface area contributed by atoms with Gasteiger partial charge in [0, 0.05) is 32.1 Å². The molecule has 29 heavy (non-hydrogen) atoms. The molecule has 0 saturated carbocycles. The maximum Gasteiger partial charge on any atom is 0.222 e. The molecule has 0 bridgehead atoms. The molecule has 0 aromatic heterocycles. The Morgan fingerprint density at radius 1 is 1.17 bits per heavy atom. The van der Waals surface area contributed by atoms with E-state index in [4.69, 9.17) is 0 Å². The second-order valence-electron chi connectivity index (χ2n) is 7.98. The van der Waals surface area contributed by atoms with Crippen LogP contribution in [0.5, 0.6) is 0 Å². The topological polar surface area (TPSA) is 103 Å². The van der Waals surface area contributed by atoms with Crippen LogP contribution in [-0.2, 0) is 14.6 Å². The number of carbonyl (C=O) groups is 1. The lowest BCUT2D eigenvalue weighted by molar-refractivity contribution is -0.121. The van der Waals surface area contributed by atoms with E-state index < -0.39 is 9.84 Å². The van der Waals surface area contributed by atoms with Gasteiger partial charge in [-0.1, -0.05) is 6.92 Å². The predicted octanol–water partition coefficient (Wildman–Crippen LogP) is 0.975. The van der Waals surface area contributed by atoms with Gasteiger partial charge in [0.05, 0.1) is 11.5 Å². The summed E-state index contributed by atoms with van der Waals surface area (Å²) >= 11 is 0. The molecule has 0 aromatic carbocycles. The fourth-order valence-electron chi connectivity index (χ4n) is 3.62. The lowest BCUT2D eigenvalue weighted by Crippen LogP contribution is -2.41. The molecule has 2 aliphatic heterocycles. The minimum Gasteiger partial charge on any atom is -0.357 e. The zero-order chi connectivity index (χ0) is 20.4. The Labute approximate surface area is 193 Å². The zero-order valence-electron chi connectivity index (χ0n) is 17.8. The molecule has 1 unspecified atom stereocenters. The third-order valence-electron chi connectivity index (χ3n) is 5.36. The normalized spacial score (nSPS) is 22.7. The second-order valence-corrected chi connectivity index (χ2v) is 10.2. The number of nitrogens with one attached hydrogen (secondary N) is 3. The van der Waals surface area contributed by atoms with Gasteiger partial charge in [0.15, 0.2) is 15.8 Å². The number of aliphatic imine (C=N–C) groups is 1. The minimum absolute atomic E-state index is 0. The van der Waals surface area contributed by atoms with Gasteiger partial charge in [-0.3, -0.25) is 9.79 Å². The summed E-state index contributed by atoms with van der Waals surface area (Å²) in [7, 11) is -2.97. The molecule has 2 saturated heterocycles. The fourth-order valence-corrected chi connectivity index (χ4v) is 5.29. The monoisotopic (exact) mass is 543 g/mol. The van der Waals surface area contributed by atoms with Crippen molar-refractivity contribution in [2.75, 3.05) is 50.8 Å². The second kappa shape index (κ2) is 13.6. The highest BCUT2D eigenvalue weighted by molar-refractivity contribution is 14.0. The van der Waals surface area contributed by atoms with Crippen LogP contribution in [0.4, 0.5) is 0 Å². The molecule has 0 aromatic rings. The summed E-state index contributed by atoms with van der Waals surface area (Å²) in [6.45, 7) is 9.81. The van der Waals surface area contributed by atoms with E-state index in [2.05, 4.69) is 32.8 Å². The van der Waals surface area contributed by atoms with Crippen LogP contribution < -0.4 is 16.0 Å². The van der Waals surface area contributed by atoms with Gasteiger partial charge in [-0.05, 0) is 58.2 Å². The molecule has 0 radical (unpaired) electrons. The number of amides is 1. The summed E-state index contributed by atoms with van der Waals surface area (Å²) in [5.41, 5.74) is 0. The lowest BCUT2D eigenvalue weighted by Gasteiger charge is -2.29. The van der Waals surface area contributed by atoms with Crippen molar-refractivity contribution in [1.82, 2.24) is 20.9 Å². The van der Waals surface area contributed by atoms with Crippen molar-refractivity contribution in [3.63, 3.8) is 0 Å². The van der Waals surface area contributed by atoms with Gasteiger partial charge in [0.1, 0.15) is 0 Å². The number of nitrogens with zero attached hydrogens (tertiary/aromatic N) is 2. The van der Waals surface area contributed by atoms with Crippen molar-refractivity contribution < 1.29 is 13.2 Å². The third-order valence-corrected chi connectivity index (χ3v) is 7.13. The zero-order valence-corrected chi connectivity index (χ0v) is 20.9. The van der Waals surface area contributed by atoms with Crippen LogP contribution in [0.2, 0.25) is 0 Å². The number of guanidine groups is 1. The molecule has 1 atom stereocenters. The van der Waals surface area contributed by atoms with E-state index in [0.717, 1.165) is 37.9 Å². The minimum atomic E-state index is -2.97. The fraction of sp³-hybridized carbons (Fsp3) is 0.895. The molecule has 8 nitrogen and oxygen atoms in total. The molecule has 3 N–H and O–H groups in total. The highest BCUT2D eigenvalue weighted by Gasteiger charge is 2.28. The van der Waals surface area contributed by atoms with Crippen LogP contribution in [0.3, 0.4) is 0 Å². The van der Waals surface area contributed by atoms with Crippen molar-refractivity contribution in [1.29, 1.82) is 0 Å². The highest BCUT2D eigenvalue weighted by Crippen LogP contribution is 2.15. The Balaban J connectivity index is 0.00000420. The molecule has 2 fully saturated rings. The quantitative estimate of drug-likeness (QED) is 0.174. The largest absolute Gasteiger partial charge is 0.357 e. The maximum absolute atomic E-state index is 12.0. The van der Waals surface area contributed by atoms with Gasteiger partial charge in [-0.15, -0.1) is 24.0 Å². The average molecular weight is 544 g/mol. The Bertz CT molecular complexity index is 621. The number of carbonyl (C=O) groups excluding carboxylic acids is 1. The molecule has 10 heteroatoms. The van der Waals surface area contributed by atoms with E-state index in [1.807, 2.05) is 6.92 Å². The summed E-state index contributed by atoms with van der Waals surface area (Å²) < 4.78 is 22.9. The summed E-state index contributed by atoms with van der Waals surface area (Å²) in [6, 6.07) is -0.239. The van der Waals surface area contributed by atoms with Crippen LogP contribution >= 0.6 is 24.0 Å². The van der Waals surface area contributed by atoms with E-state index >= 15 is 0 Å². The third kappa shape index (κ3) is 10.8. The average Bonchev–Trinajstić information content (AvgIpc) is 2.98. The summed E-state index contributed by atoms with van der Waals surface area (Å²) in [4.78, 5) is 19.1. The van der Waals surface area contributed by atoms with E-state index in [0.29, 0.717) is 19.4 Å². The molecule has 1 amide bonds. The molecular formula is C19H38IN5O3S. The van der Waals surface area contributed by atoms with Gasteiger partial charge in [-0.2, -0.15) is 0 Å². The van der Waals surface area contributed by atoms with Crippen molar-refractivity contribution in [3.05, 3.63) is 0 Å². The maximum atomic E-state index is 12.0. The first-order chi connectivity index (χ1) is 13.4. The molecule has 170 valence electrons. The van der Waals surface area contributed by atoms with Crippen molar-refractivity contribution in [2.24, 2.45) is 10.9 Å². The molecular weight excluding hydrogens is 505 g/mol. The molecule has 2 aliphatic rings. The first-order valence-electron chi connectivity index (χ1n) is 10.6. The van der Waals surface area contributed by atoms with Crippen molar-refractivity contribution >= 4 is 45.7 Å². The van der Waals surface area contributed by atoms with Crippen LogP contribution in [0, 0.1) is 5.92 Å². The van der Waals surface area contributed by atoms with Crippen molar-refractivity contribution in [3.8, 4) is 0 Å². The van der Waals surface area contributed by atoms with Gasteiger partial charge in [-0.25, -0.2) is 8.42 Å². The highest BCUT2D eigenvalue weighted by atomic mass is 127. The molecule has 2 heterocycles. The van der Waals surface area contributed by atoms with E-state index in [1.54, 1.807) is 0 Å². The van der Waals surface area contributed by atoms with Crippen LogP contribution in [0.1, 0.15) is 46.0 Å². The SMILES string of the molecule is CCNC(=NCCCN1CCC(C)CC1)NCCC(=O)NC1CCS(=O)(=O)C1.I. The molecule has 0 aliphatic carbocycles. The van der Waals surface area contributed by atoms with Crippen molar-refractivity contribution in [2.45, 2.75) is 52.0 Å². The predicted molar refractivity (Wildman–Crippen MR) is 129 cm³/mol. The number of rotatable bonds is 9. The lowest BCUT2D eigenvalue weighted by atomic mass is 9.99. The summed E-state index contributed by atoms with van der Waals surface area (Å²) in [5, 5.41) is 9.19. The first kappa shape index (κ1) is 26.4. The van der Waals surface area contributed by atoms with Crippen LogP contribution in [-0.4, -0.2) is 82.0 Å². The van der Waals surface area contributed by atoms with Gasteiger partial charge >= 0.3 is 0 Å². The Kier molecular flexibility index (Phi) is 12.4. The Morgan fingerprint density at radius 2 is 1.90 bits per heavy atom. The van der Waals surface area contributed by atoms with Gasteiger partial charge < -0.3 is 20.9 Å². The Hall–Kier alpha value is -0.620. The van der Waals surface area contributed by atoms with E-state index in [9.17, 15) is 13.2 Å². The number of sulfone groups is 1. The van der Waals surface area contributed by atoms with Crippen LogP contribution in [0.15, 0.2) is 4.99 Å². The van der Waals surface area contributed by atoms with E-state index in [-0.39, 0.29) is 47.4 Å². The first-order valence-corrected chi connectivity index (χ1v) is 12.4. The van der Waals surface area contributed by atoms with Gasteiger partial charge in [0.2, 0.25) is 5.91 Å². The standard InChI is InChI=1S/C19H37N5O3S.HI/c1-3-20-19(21-9-4-11-24-12-6-16(2)7-13-24)22-10-5-18(25)23-17-8-14-28(26,27)15-17;/h16-17H,3-15H2,1-2H3,(H,23,25)(H2,20,21,22);1H. The number of likely N-dealkylation sites (tertiary alicyclic amines) is 1. The van der Waals surface area contributed by atoms with E-state index in [1.165, 1.54) is 25.9 Å². The van der Waals surface area contributed by atoms with Gasteiger partial charge in [0.25, 0.3) is 0 Å². The number of hydrogen-bond donors (Lipinski definition) is 3. The number of hydrogen-bond acceptors (Lipinski definition) is 5. The molecule has 0 spiro atoms. The molecule has 2 rings (SSSR count). The van der Waals surface area contributed by atoms with Crippen LogP contribution in [0.25, 0.3) is 0 Å². The Morgan fingerprint density at radius 3 is 2.52 bits per heavy atom. The number of halogens is 1. The summed E-state index contributed by atoms with van der Waals surface area (Å²) in [6.07, 6.45) is 4.43. The number of piperidine rings is 1. The summed E-state index contributed by atoms with van der Waals surface area (Å²) in [5.74, 6) is 1.70. The smallest absolute Gasteiger partial charge is 0.222 e.